The highest BCUT2D eigenvalue weighted by molar-refractivity contribution is 7.11. The van der Waals surface area contributed by atoms with Crippen molar-refractivity contribution >= 4 is 17.3 Å². The van der Waals surface area contributed by atoms with E-state index in [-0.39, 0.29) is 0 Å². The van der Waals surface area contributed by atoms with E-state index in [4.69, 9.17) is 0 Å². The summed E-state index contributed by atoms with van der Waals surface area (Å²) >= 11 is 1.79. The third-order valence-electron chi connectivity index (χ3n) is 4.34. The standard InChI is InChI=1S/C16H29N5S/c1-5-21-10-6-7-14(21)11-19-16(17-4)18-9-8-15-20-12(2)13(3)22-15/h14H,5-11H2,1-4H3,(H2,17,18,19). The minimum absolute atomic E-state index is 0.646. The van der Waals surface area contributed by atoms with Crippen molar-refractivity contribution in [3.05, 3.63) is 15.6 Å². The summed E-state index contributed by atoms with van der Waals surface area (Å²) in [7, 11) is 1.83. The van der Waals surface area contributed by atoms with Crippen molar-refractivity contribution in [2.75, 3.05) is 33.2 Å². The van der Waals surface area contributed by atoms with E-state index in [9.17, 15) is 0 Å². The van der Waals surface area contributed by atoms with E-state index < -0.39 is 0 Å². The second-order valence-electron chi connectivity index (χ2n) is 5.80. The molecule has 22 heavy (non-hydrogen) atoms. The molecule has 1 aromatic heterocycles. The molecule has 1 aliphatic rings. The summed E-state index contributed by atoms with van der Waals surface area (Å²) in [6, 6.07) is 0.646. The van der Waals surface area contributed by atoms with Gasteiger partial charge < -0.3 is 10.6 Å². The molecule has 0 spiro atoms. The van der Waals surface area contributed by atoms with Crippen LogP contribution in [0.2, 0.25) is 0 Å². The molecule has 0 amide bonds. The number of hydrogen-bond acceptors (Lipinski definition) is 4. The molecular weight excluding hydrogens is 294 g/mol. The Morgan fingerprint density at radius 1 is 1.41 bits per heavy atom. The van der Waals surface area contributed by atoms with Gasteiger partial charge >= 0.3 is 0 Å². The number of likely N-dealkylation sites (tertiary alicyclic amines) is 1. The van der Waals surface area contributed by atoms with Crippen molar-refractivity contribution in [2.24, 2.45) is 4.99 Å². The van der Waals surface area contributed by atoms with Crippen LogP contribution in [-0.2, 0) is 6.42 Å². The minimum Gasteiger partial charge on any atom is -0.356 e. The normalized spacial score (nSPS) is 19.6. The van der Waals surface area contributed by atoms with Crippen LogP contribution in [0.4, 0.5) is 0 Å². The number of aliphatic imine (C=N–C) groups is 1. The molecule has 1 aromatic rings. The fraction of sp³-hybridized carbons (Fsp3) is 0.750. The maximum Gasteiger partial charge on any atom is 0.191 e. The number of aromatic nitrogens is 1. The molecule has 1 atom stereocenters. The van der Waals surface area contributed by atoms with Crippen molar-refractivity contribution in [1.82, 2.24) is 20.5 Å². The summed E-state index contributed by atoms with van der Waals surface area (Å²) < 4.78 is 0. The SMILES string of the molecule is CCN1CCCC1CNC(=NC)NCCc1nc(C)c(C)s1. The van der Waals surface area contributed by atoms with E-state index in [2.05, 4.69) is 46.3 Å². The highest BCUT2D eigenvalue weighted by atomic mass is 32.1. The van der Waals surface area contributed by atoms with Crippen LogP contribution in [0, 0.1) is 13.8 Å². The predicted octanol–water partition coefficient (Wildman–Crippen LogP) is 1.95. The van der Waals surface area contributed by atoms with Gasteiger partial charge in [0.25, 0.3) is 0 Å². The van der Waals surface area contributed by atoms with Gasteiger partial charge in [-0.2, -0.15) is 0 Å². The largest absolute Gasteiger partial charge is 0.356 e. The van der Waals surface area contributed by atoms with Crippen LogP contribution in [-0.4, -0.2) is 55.1 Å². The molecule has 2 rings (SSSR count). The van der Waals surface area contributed by atoms with Crippen LogP contribution >= 0.6 is 11.3 Å². The number of aryl methyl sites for hydroxylation is 2. The number of nitrogens with one attached hydrogen (secondary N) is 2. The lowest BCUT2D eigenvalue weighted by Gasteiger charge is -2.23. The van der Waals surface area contributed by atoms with E-state index >= 15 is 0 Å². The third-order valence-corrected chi connectivity index (χ3v) is 5.47. The zero-order chi connectivity index (χ0) is 15.9. The van der Waals surface area contributed by atoms with E-state index in [0.717, 1.165) is 37.7 Å². The molecule has 1 aliphatic heterocycles. The molecule has 124 valence electrons. The molecule has 2 N–H and O–H groups in total. The van der Waals surface area contributed by atoms with Crippen LogP contribution in [0.1, 0.15) is 35.3 Å². The molecule has 1 fully saturated rings. The number of hydrogen-bond donors (Lipinski definition) is 2. The van der Waals surface area contributed by atoms with Crippen LogP contribution in [0.3, 0.4) is 0 Å². The molecule has 1 saturated heterocycles. The van der Waals surface area contributed by atoms with Gasteiger partial charge in [-0.05, 0) is 39.8 Å². The summed E-state index contributed by atoms with van der Waals surface area (Å²) in [4.78, 5) is 12.7. The van der Waals surface area contributed by atoms with Crippen LogP contribution < -0.4 is 10.6 Å². The van der Waals surface area contributed by atoms with E-state index in [1.165, 1.54) is 29.3 Å². The molecule has 0 saturated carbocycles. The predicted molar refractivity (Wildman–Crippen MR) is 94.9 cm³/mol. The number of nitrogens with zero attached hydrogens (tertiary/aromatic N) is 3. The molecule has 0 bridgehead atoms. The summed E-state index contributed by atoms with van der Waals surface area (Å²) in [6.45, 7) is 10.7. The number of guanidine groups is 1. The molecular formula is C16H29N5S. The molecule has 0 aromatic carbocycles. The van der Waals surface area contributed by atoms with Gasteiger partial charge in [0.2, 0.25) is 0 Å². The lowest BCUT2D eigenvalue weighted by molar-refractivity contribution is 0.267. The summed E-state index contributed by atoms with van der Waals surface area (Å²) in [5.74, 6) is 0.896. The van der Waals surface area contributed by atoms with Gasteiger partial charge in [0.05, 0.1) is 10.7 Å². The highest BCUT2D eigenvalue weighted by Crippen LogP contribution is 2.16. The first-order valence-electron chi connectivity index (χ1n) is 8.25. The molecule has 2 heterocycles. The van der Waals surface area contributed by atoms with Crippen molar-refractivity contribution < 1.29 is 0 Å². The third kappa shape index (κ3) is 4.68. The van der Waals surface area contributed by atoms with E-state index in [1.807, 2.05) is 7.05 Å². The Morgan fingerprint density at radius 3 is 2.86 bits per heavy atom. The number of rotatable bonds is 6. The lowest BCUT2D eigenvalue weighted by atomic mass is 10.2. The molecule has 1 unspecified atom stereocenters. The van der Waals surface area contributed by atoms with Crippen molar-refractivity contribution in [2.45, 2.75) is 46.1 Å². The summed E-state index contributed by atoms with van der Waals surface area (Å²) in [6.07, 6.45) is 3.55. The van der Waals surface area contributed by atoms with Gasteiger partial charge in [-0.1, -0.05) is 6.92 Å². The molecule has 6 heteroatoms. The first kappa shape index (κ1) is 17.2. The summed E-state index contributed by atoms with van der Waals surface area (Å²) in [5.41, 5.74) is 1.16. The van der Waals surface area contributed by atoms with Gasteiger partial charge in [0.1, 0.15) is 0 Å². The van der Waals surface area contributed by atoms with E-state index in [1.54, 1.807) is 11.3 Å². The smallest absolute Gasteiger partial charge is 0.191 e. The average molecular weight is 324 g/mol. The zero-order valence-electron chi connectivity index (χ0n) is 14.3. The van der Waals surface area contributed by atoms with Gasteiger partial charge in [0, 0.05) is 37.5 Å². The Labute approximate surface area is 138 Å². The average Bonchev–Trinajstić information content (AvgIpc) is 3.09. The Kier molecular flexibility index (Phi) is 6.64. The monoisotopic (exact) mass is 323 g/mol. The van der Waals surface area contributed by atoms with Crippen LogP contribution in [0.5, 0.6) is 0 Å². The highest BCUT2D eigenvalue weighted by Gasteiger charge is 2.22. The topological polar surface area (TPSA) is 52.5 Å². The first-order chi connectivity index (χ1) is 10.6. The van der Waals surface area contributed by atoms with Gasteiger partial charge in [0.15, 0.2) is 5.96 Å². The fourth-order valence-electron chi connectivity index (χ4n) is 2.91. The first-order valence-corrected chi connectivity index (χ1v) is 9.07. The Hall–Kier alpha value is -1.14. The Bertz CT molecular complexity index is 477. The second kappa shape index (κ2) is 8.48. The van der Waals surface area contributed by atoms with Gasteiger partial charge in [-0.15, -0.1) is 11.3 Å². The minimum atomic E-state index is 0.646. The van der Waals surface area contributed by atoms with Crippen molar-refractivity contribution in [3.8, 4) is 0 Å². The summed E-state index contributed by atoms with van der Waals surface area (Å²) in [5, 5.41) is 8.05. The number of likely N-dealkylation sites (N-methyl/N-ethyl adjacent to an activating group) is 1. The van der Waals surface area contributed by atoms with Crippen molar-refractivity contribution in [1.29, 1.82) is 0 Å². The number of thiazole rings is 1. The van der Waals surface area contributed by atoms with E-state index in [0.29, 0.717) is 6.04 Å². The van der Waals surface area contributed by atoms with Crippen molar-refractivity contribution in [3.63, 3.8) is 0 Å². The zero-order valence-corrected chi connectivity index (χ0v) is 15.1. The van der Waals surface area contributed by atoms with Gasteiger partial charge in [-0.3, -0.25) is 9.89 Å². The van der Waals surface area contributed by atoms with Gasteiger partial charge in [-0.25, -0.2) is 4.98 Å². The lowest BCUT2D eigenvalue weighted by Crippen LogP contribution is -2.45. The quantitative estimate of drug-likeness (QED) is 0.621. The molecule has 5 nitrogen and oxygen atoms in total. The van der Waals surface area contributed by atoms with Crippen LogP contribution in [0.15, 0.2) is 4.99 Å². The van der Waals surface area contributed by atoms with Crippen LogP contribution in [0.25, 0.3) is 0 Å². The molecule has 0 aliphatic carbocycles. The second-order valence-corrected chi connectivity index (χ2v) is 7.09. The Balaban J connectivity index is 1.71. The maximum atomic E-state index is 4.57. The maximum absolute atomic E-state index is 4.57. The Morgan fingerprint density at radius 2 is 2.23 bits per heavy atom. The molecule has 0 radical (unpaired) electrons. The fourth-order valence-corrected chi connectivity index (χ4v) is 3.85.